The van der Waals surface area contributed by atoms with Crippen molar-refractivity contribution in [2.45, 2.75) is 44.6 Å². The first-order valence-electron chi connectivity index (χ1n) is 6.59. The van der Waals surface area contributed by atoms with Crippen LogP contribution in [0, 0.1) is 11.7 Å². The first-order valence-corrected chi connectivity index (χ1v) is 6.97. The third kappa shape index (κ3) is 3.67. The fraction of sp³-hybridized carbons (Fsp3) is 0.571. The Morgan fingerprint density at radius 3 is 2.72 bits per heavy atom. The standard InChI is InChI=1S/C14H20ClFN2/c15-12-6-5-11(14(16)9-12)8-13(18-17)7-10-3-1-2-4-10/h5-6,9-10,13,18H,1-4,7-8,17H2. The largest absolute Gasteiger partial charge is 0.271 e. The number of halogens is 2. The van der Waals surface area contributed by atoms with Crippen molar-refractivity contribution < 1.29 is 4.39 Å². The van der Waals surface area contributed by atoms with Crippen molar-refractivity contribution in [3.63, 3.8) is 0 Å². The summed E-state index contributed by atoms with van der Waals surface area (Å²) < 4.78 is 13.7. The molecule has 0 amide bonds. The maximum absolute atomic E-state index is 13.7. The van der Waals surface area contributed by atoms with Crippen molar-refractivity contribution in [1.29, 1.82) is 0 Å². The summed E-state index contributed by atoms with van der Waals surface area (Å²) in [5, 5.41) is 0.435. The number of nitrogens with two attached hydrogens (primary N) is 1. The summed E-state index contributed by atoms with van der Waals surface area (Å²) in [5.41, 5.74) is 3.50. The molecule has 0 aromatic heterocycles. The molecule has 1 aliphatic carbocycles. The molecule has 4 heteroatoms. The first-order chi connectivity index (χ1) is 8.69. The molecule has 0 saturated heterocycles. The van der Waals surface area contributed by atoms with Crippen LogP contribution in [-0.4, -0.2) is 6.04 Å². The van der Waals surface area contributed by atoms with Crippen LogP contribution in [0.2, 0.25) is 5.02 Å². The fourth-order valence-electron chi connectivity index (χ4n) is 2.81. The van der Waals surface area contributed by atoms with Gasteiger partial charge in [0.15, 0.2) is 0 Å². The van der Waals surface area contributed by atoms with Crippen molar-refractivity contribution >= 4 is 11.6 Å². The average Bonchev–Trinajstić information content (AvgIpc) is 2.84. The fourth-order valence-corrected chi connectivity index (χ4v) is 2.97. The molecule has 1 unspecified atom stereocenters. The van der Waals surface area contributed by atoms with Gasteiger partial charge in [-0.15, -0.1) is 0 Å². The van der Waals surface area contributed by atoms with Crippen LogP contribution in [0.1, 0.15) is 37.7 Å². The zero-order chi connectivity index (χ0) is 13.0. The second-order valence-corrected chi connectivity index (χ2v) is 5.63. The average molecular weight is 271 g/mol. The van der Waals surface area contributed by atoms with E-state index < -0.39 is 0 Å². The van der Waals surface area contributed by atoms with Crippen molar-refractivity contribution in [3.05, 3.63) is 34.6 Å². The maximum atomic E-state index is 13.7. The Balaban J connectivity index is 1.96. The number of hydrogen-bond acceptors (Lipinski definition) is 2. The molecular formula is C14H20ClFN2. The lowest BCUT2D eigenvalue weighted by Gasteiger charge is -2.20. The van der Waals surface area contributed by atoms with Gasteiger partial charge in [0.1, 0.15) is 5.82 Å². The molecule has 2 rings (SSSR count). The summed E-state index contributed by atoms with van der Waals surface area (Å²) in [6.07, 6.45) is 6.84. The van der Waals surface area contributed by atoms with Gasteiger partial charge < -0.3 is 0 Å². The normalized spacial score (nSPS) is 18.2. The summed E-state index contributed by atoms with van der Waals surface area (Å²) in [6.45, 7) is 0. The molecule has 1 aliphatic rings. The highest BCUT2D eigenvalue weighted by molar-refractivity contribution is 6.30. The Labute approximate surface area is 113 Å². The van der Waals surface area contributed by atoms with Crippen LogP contribution in [0.15, 0.2) is 18.2 Å². The third-order valence-corrected chi connectivity index (χ3v) is 4.04. The molecule has 0 heterocycles. The van der Waals surface area contributed by atoms with Gasteiger partial charge in [-0.25, -0.2) is 4.39 Å². The number of nitrogens with one attached hydrogen (secondary N) is 1. The summed E-state index contributed by atoms with van der Waals surface area (Å²) in [4.78, 5) is 0. The van der Waals surface area contributed by atoms with E-state index in [9.17, 15) is 4.39 Å². The lowest BCUT2D eigenvalue weighted by atomic mass is 9.94. The minimum absolute atomic E-state index is 0.142. The van der Waals surface area contributed by atoms with Gasteiger partial charge in [0, 0.05) is 11.1 Å². The van der Waals surface area contributed by atoms with Gasteiger partial charge in [0.05, 0.1) is 0 Å². The Kier molecular flexibility index (Phi) is 4.98. The number of rotatable bonds is 5. The molecule has 0 spiro atoms. The highest BCUT2D eigenvalue weighted by Gasteiger charge is 2.20. The van der Waals surface area contributed by atoms with Crippen LogP contribution >= 0.6 is 11.6 Å². The zero-order valence-corrected chi connectivity index (χ0v) is 11.2. The van der Waals surface area contributed by atoms with Crippen molar-refractivity contribution in [2.24, 2.45) is 11.8 Å². The van der Waals surface area contributed by atoms with Gasteiger partial charge in [-0.05, 0) is 36.5 Å². The number of hydrogen-bond donors (Lipinski definition) is 2. The smallest absolute Gasteiger partial charge is 0.127 e. The molecule has 1 atom stereocenters. The highest BCUT2D eigenvalue weighted by atomic mass is 35.5. The van der Waals surface area contributed by atoms with Crippen molar-refractivity contribution in [3.8, 4) is 0 Å². The summed E-state index contributed by atoms with van der Waals surface area (Å²) >= 11 is 5.74. The predicted molar refractivity (Wildman–Crippen MR) is 72.8 cm³/mol. The van der Waals surface area contributed by atoms with Gasteiger partial charge in [0.25, 0.3) is 0 Å². The van der Waals surface area contributed by atoms with Gasteiger partial charge in [0.2, 0.25) is 0 Å². The van der Waals surface area contributed by atoms with Crippen LogP contribution in [-0.2, 0) is 6.42 Å². The predicted octanol–water partition coefficient (Wildman–Crippen LogP) is 3.43. The Morgan fingerprint density at radius 2 is 2.11 bits per heavy atom. The number of benzene rings is 1. The second-order valence-electron chi connectivity index (χ2n) is 5.19. The van der Waals surface area contributed by atoms with E-state index in [0.717, 1.165) is 12.3 Å². The van der Waals surface area contributed by atoms with Crippen LogP contribution in [0.5, 0.6) is 0 Å². The molecule has 1 aromatic rings. The van der Waals surface area contributed by atoms with E-state index in [1.165, 1.54) is 31.7 Å². The van der Waals surface area contributed by atoms with E-state index in [-0.39, 0.29) is 11.9 Å². The topological polar surface area (TPSA) is 38.0 Å². The van der Waals surface area contributed by atoms with Crippen molar-refractivity contribution in [2.75, 3.05) is 0 Å². The Morgan fingerprint density at radius 1 is 1.39 bits per heavy atom. The molecule has 18 heavy (non-hydrogen) atoms. The minimum Gasteiger partial charge on any atom is -0.271 e. The second kappa shape index (κ2) is 6.50. The van der Waals surface area contributed by atoms with Crippen LogP contribution in [0.4, 0.5) is 4.39 Å². The van der Waals surface area contributed by atoms with E-state index in [2.05, 4.69) is 5.43 Å². The van der Waals surface area contributed by atoms with Gasteiger partial charge >= 0.3 is 0 Å². The molecular weight excluding hydrogens is 251 g/mol. The molecule has 100 valence electrons. The van der Waals surface area contributed by atoms with E-state index in [4.69, 9.17) is 17.4 Å². The quantitative estimate of drug-likeness (QED) is 0.635. The number of hydrazine groups is 1. The van der Waals surface area contributed by atoms with E-state index in [1.54, 1.807) is 12.1 Å². The highest BCUT2D eigenvalue weighted by Crippen LogP contribution is 2.29. The van der Waals surface area contributed by atoms with Gasteiger partial charge in [-0.1, -0.05) is 43.4 Å². The maximum Gasteiger partial charge on any atom is 0.127 e. The molecule has 1 fully saturated rings. The molecule has 3 N–H and O–H groups in total. The Bertz CT molecular complexity index is 391. The first kappa shape index (κ1) is 13.8. The van der Waals surface area contributed by atoms with Crippen LogP contribution in [0.3, 0.4) is 0 Å². The summed E-state index contributed by atoms with van der Waals surface area (Å²) in [5.74, 6) is 6.08. The summed E-state index contributed by atoms with van der Waals surface area (Å²) in [7, 11) is 0. The van der Waals surface area contributed by atoms with E-state index in [1.807, 2.05) is 0 Å². The van der Waals surface area contributed by atoms with E-state index in [0.29, 0.717) is 17.0 Å². The third-order valence-electron chi connectivity index (χ3n) is 3.81. The molecule has 0 aliphatic heterocycles. The molecule has 0 bridgehead atoms. The zero-order valence-electron chi connectivity index (χ0n) is 10.5. The molecule has 2 nitrogen and oxygen atoms in total. The van der Waals surface area contributed by atoms with Gasteiger partial charge in [-0.2, -0.15) is 0 Å². The van der Waals surface area contributed by atoms with Crippen molar-refractivity contribution in [1.82, 2.24) is 5.43 Å². The lowest BCUT2D eigenvalue weighted by molar-refractivity contribution is 0.386. The van der Waals surface area contributed by atoms with Crippen LogP contribution in [0.25, 0.3) is 0 Å². The lowest BCUT2D eigenvalue weighted by Crippen LogP contribution is -2.38. The monoisotopic (exact) mass is 270 g/mol. The SMILES string of the molecule is NNC(Cc1ccc(Cl)cc1F)CC1CCCC1. The molecule has 1 aromatic carbocycles. The Hall–Kier alpha value is -0.640. The molecule has 0 radical (unpaired) electrons. The summed E-state index contributed by atoms with van der Waals surface area (Å²) in [6, 6.07) is 4.98. The minimum atomic E-state index is -0.242. The van der Waals surface area contributed by atoms with Crippen LogP contribution < -0.4 is 11.3 Å². The van der Waals surface area contributed by atoms with Gasteiger partial charge in [-0.3, -0.25) is 11.3 Å². The van der Waals surface area contributed by atoms with E-state index >= 15 is 0 Å². The molecule has 1 saturated carbocycles.